The van der Waals surface area contributed by atoms with Crippen molar-refractivity contribution in [2.45, 2.75) is 4.90 Å². The molecule has 0 bridgehead atoms. The summed E-state index contributed by atoms with van der Waals surface area (Å²) in [7, 11) is 0. The Kier molecular flexibility index (Phi) is 4.55. The van der Waals surface area contributed by atoms with Crippen molar-refractivity contribution in [3.8, 4) is 0 Å². The van der Waals surface area contributed by atoms with Crippen LogP contribution in [0.1, 0.15) is 0 Å². The van der Waals surface area contributed by atoms with Gasteiger partial charge in [-0.1, -0.05) is 23.7 Å². The van der Waals surface area contributed by atoms with Crippen LogP contribution in [0.25, 0.3) is 0 Å². The molecule has 1 aliphatic rings. The predicted octanol–water partition coefficient (Wildman–Crippen LogP) is 4.03. The fourth-order valence-corrected chi connectivity index (χ4v) is 3.48. The zero-order chi connectivity index (χ0) is 15.5. The van der Waals surface area contributed by atoms with E-state index in [1.807, 2.05) is 24.3 Å². The summed E-state index contributed by atoms with van der Waals surface area (Å²) in [5, 5.41) is 3.17. The molecule has 2 aromatic carbocycles. The third kappa shape index (κ3) is 3.20. The second-order valence-corrected chi connectivity index (χ2v) is 6.41. The number of rotatable bonds is 3. The smallest absolute Gasteiger partial charge is 0.246 e. The minimum absolute atomic E-state index is 0.0392. The maximum Gasteiger partial charge on any atom is 0.246 e. The molecule has 0 atom stereocenters. The van der Waals surface area contributed by atoms with Crippen molar-refractivity contribution in [2.24, 2.45) is 0 Å². The molecular formula is C16H14ClFN2OS. The minimum atomic E-state index is -0.463. The lowest BCUT2D eigenvalue weighted by atomic mass is 10.2. The first-order valence-electron chi connectivity index (χ1n) is 6.86. The molecule has 22 heavy (non-hydrogen) atoms. The molecular weight excluding hydrogens is 323 g/mol. The number of anilines is 2. The molecule has 0 spiro atoms. The van der Waals surface area contributed by atoms with Crippen molar-refractivity contribution in [1.29, 1.82) is 0 Å². The average Bonchev–Trinajstić information content (AvgIpc) is 2.53. The third-order valence-electron chi connectivity index (χ3n) is 3.39. The first-order valence-corrected chi connectivity index (χ1v) is 8.22. The molecule has 0 saturated heterocycles. The van der Waals surface area contributed by atoms with Crippen molar-refractivity contribution >= 4 is 40.6 Å². The summed E-state index contributed by atoms with van der Waals surface area (Å²) in [6.07, 6.45) is 0. The number of amides is 1. The Labute approximate surface area is 137 Å². The number of fused-ring (bicyclic) bond motifs is 1. The molecule has 0 aromatic heterocycles. The number of halogens is 2. The molecule has 114 valence electrons. The second kappa shape index (κ2) is 6.58. The van der Waals surface area contributed by atoms with Crippen LogP contribution in [0.3, 0.4) is 0 Å². The van der Waals surface area contributed by atoms with Crippen LogP contribution in [-0.2, 0) is 4.79 Å². The first-order chi connectivity index (χ1) is 10.6. The molecule has 1 aliphatic heterocycles. The van der Waals surface area contributed by atoms with Gasteiger partial charge in [0.05, 0.1) is 17.9 Å². The molecule has 1 heterocycles. The Bertz CT molecular complexity index is 710. The van der Waals surface area contributed by atoms with Gasteiger partial charge in [0.2, 0.25) is 5.91 Å². The molecule has 3 nitrogen and oxygen atoms in total. The van der Waals surface area contributed by atoms with Gasteiger partial charge in [-0.3, -0.25) is 4.79 Å². The van der Waals surface area contributed by atoms with Gasteiger partial charge in [-0.2, -0.15) is 0 Å². The molecule has 6 heteroatoms. The topological polar surface area (TPSA) is 32.3 Å². The number of para-hydroxylation sites is 1. The minimum Gasteiger partial charge on any atom is -0.374 e. The van der Waals surface area contributed by atoms with Crippen LogP contribution >= 0.6 is 23.4 Å². The molecule has 3 rings (SSSR count). The van der Waals surface area contributed by atoms with Crippen molar-refractivity contribution < 1.29 is 9.18 Å². The van der Waals surface area contributed by atoms with Gasteiger partial charge in [0, 0.05) is 22.2 Å². The number of nitrogens with one attached hydrogen (secondary N) is 1. The highest BCUT2D eigenvalue weighted by molar-refractivity contribution is 7.99. The van der Waals surface area contributed by atoms with Crippen LogP contribution < -0.4 is 10.2 Å². The van der Waals surface area contributed by atoms with Crippen LogP contribution in [0, 0.1) is 5.82 Å². The van der Waals surface area contributed by atoms with Crippen LogP contribution in [-0.4, -0.2) is 24.7 Å². The monoisotopic (exact) mass is 336 g/mol. The third-order valence-corrected chi connectivity index (χ3v) is 4.67. The van der Waals surface area contributed by atoms with E-state index in [2.05, 4.69) is 5.32 Å². The maximum atomic E-state index is 13.7. The Morgan fingerprint density at radius 1 is 1.32 bits per heavy atom. The molecule has 0 aliphatic carbocycles. The number of carbonyl (C=O) groups excluding carboxylic acids is 1. The van der Waals surface area contributed by atoms with Gasteiger partial charge in [-0.05, 0) is 30.3 Å². The van der Waals surface area contributed by atoms with Gasteiger partial charge < -0.3 is 10.2 Å². The van der Waals surface area contributed by atoms with Crippen molar-refractivity contribution in [3.05, 3.63) is 53.3 Å². The van der Waals surface area contributed by atoms with Gasteiger partial charge >= 0.3 is 0 Å². The van der Waals surface area contributed by atoms with E-state index in [1.165, 1.54) is 12.1 Å². The predicted molar refractivity (Wildman–Crippen MR) is 89.4 cm³/mol. The summed E-state index contributed by atoms with van der Waals surface area (Å²) >= 11 is 7.45. The Hall–Kier alpha value is -1.72. The summed E-state index contributed by atoms with van der Waals surface area (Å²) in [6.45, 7) is 0.697. The summed E-state index contributed by atoms with van der Waals surface area (Å²) in [4.78, 5) is 15.3. The molecule has 0 radical (unpaired) electrons. The lowest BCUT2D eigenvalue weighted by molar-refractivity contribution is -0.117. The van der Waals surface area contributed by atoms with Gasteiger partial charge in [-0.25, -0.2) is 4.39 Å². The number of thioether (sulfide) groups is 1. The van der Waals surface area contributed by atoms with E-state index >= 15 is 0 Å². The highest BCUT2D eigenvalue weighted by atomic mass is 35.5. The zero-order valence-corrected chi connectivity index (χ0v) is 13.3. The van der Waals surface area contributed by atoms with Crippen LogP contribution in [0.5, 0.6) is 0 Å². The normalized spacial score (nSPS) is 13.6. The van der Waals surface area contributed by atoms with E-state index in [4.69, 9.17) is 11.6 Å². The number of benzene rings is 2. The van der Waals surface area contributed by atoms with E-state index in [0.717, 1.165) is 16.3 Å². The van der Waals surface area contributed by atoms with Crippen LogP contribution in [0.2, 0.25) is 5.02 Å². The van der Waals surface area contributed by atoms with Crippen molar-refractivity contribution in [2.75, 3.05) is 29.1 Å². The van der Waals surface area contributed by atoms with Crippen molar-refractivity contribution in [1.82, 2.24) is 0 Å². The number of nitrogens with zero attached hydrogens (tertiary/aromatic N) is 1. The summed E-state index contributed by atoms with van der Waals surface area (Å²) in [5.41, 5.74) is 1.19. The molecule has 0 saturated carbocycles. The van der Waals surface area contributed by atoms with Crippen LogP contribution in [0.15, 0.2) is 47.4 Å². The SMILES string of the molecule is O=C(CNc1ccc(Cl)cc1F)N1CCSc2ccccc21. The fourth-order valence-electron chi connectivity index (χ4n) is 2.33. The van der Waals surface area contributed by atoms with Gasteiger partial charge in [-0.15, -0.1) is 11.8 Å². The fraction of sp³-hybridized carbons (Fsp3) is 0.188. The molecule has 1 amide bonds. The Balaban J connectivity index is 1.70. The summed E-state index contributed by atoms with van der Waals surface area (Å²) < 4.78 is 13.7. The maximum absolute atomic E-state index is 13.7. The Morgan fingerprint density at radius 2 is 2.14 bits per heavy atom. The first kappa shape index (κ1) is 15.2. The van der Waals surface area contributed by atoms with E-state index in [1.54, 1.807) is 22.7 Å². The quantitative estimate of drug-likeness (QED) is 0.918. The second-order valence-electron chi connectivity index (χ2n) is 4.84. The molecule has 0 unspecified atom stereocenters. The van der Waals surface area contributed by atoms with E-state index in [-0.39, 0.29) is 18.1 Å². The number of hydrogen-bond donors (Lipinski definition) is 1. The average molecular weight is 337 g/mol. The zero-order valence-electron chi connectivity index (χ0n) is 11.7. The number of carbonyl (C=O) groups is 1. The van der Waals surface area contributed by atoms with E-state index in [0.29, 0.717) is 11.6 Å². The van der Waals surface area contributed by atoms with Gasteiger partial charge in [0.15, 0.2) is 0 Å². The van der Waals surface area contributed by atoms with Gasteiger partial charge in [0.1, 0.15) is 5.82 Å². The lowest BCUT2D eigenvalue weighted by Gasteiger charge is -2.29. The summed E-state index contributed by atoms with van der Waals surface area (Å²) in [5.74, 6) is 0.315. The molecule has 0 fully saturated rings. The molecule has 1 N–H and O–H groups in total. The van der Waals surface area contributed by atoms with Gasteiger partial charge in [0.25, 0.3) is 0 Å². The lowest BCUT2D eigenvalue weighted by Crippen LogP contribution is -2.39. The van der Waals surface area contributed by atoms with Crippen molar-refractivity contribution in [3.63, 3.8) is 0 Å². The van der Waals surface area contributed by atoms with E-state index in [9.17, 15) is 9.18 Å². The highest BCUT2D eigenvalue weighted by Crippen LogP contribution is 2.34. The standard InChI is InChI=1S/C16H14ClFN2OS/c17-11-5-6-13(12(18)9-11)19-10-16(21)20-7-8-22-15-4-2-1-3-14(15)20/h1-6,9,19H,7-8,10H2. The van der Waals surface area contributed by atoms with E-state index < -0.39 is 5.82 Å². The Morgan fingerprint density at radius 3 is 2.95 bits per heavy atom. The largest absolute Gasteiger partial charge is 0.374 e. The number of hydrogen-bond acceptors (Lipinski definition) is 3. The van der Waals surface area contributed by atoms with Crippen LogP contribution in [0.4, 0.5) is 15.8 Å². The summed E-state index contributed by atoms with van der Waals surface area (Å²) in [6, 6.07) is 12.2. The molecule has 2 aromatic rings. The highest BCUT2D eigenvalue weighted by Gasteiger charge is 2.22.